The van der Waals surface area contributed by atoms with E-state index in [0.717, 1.165) is 35.4 Å². The SMILES string of the molecule is COc1cccc(CN2CCOC(c3cc(C(=O)N4CCOCC4)c4ccccc4n3)C2)c1. The number of hydrogen-bond acceptors (Lipinski definition) is 6. The first-order valence-electron chi connectivity index (χ1n) is 11.4. The summed E-state index contributed by atoms with van der Waals surface area (Å²) in [5, 5.41) is 0.877. The second-order valence-corrected chi connectivity index (χ2v) is 8.46. The van der Waals surface area contributed by atoms with Gasteiger partial charge in [-0.1, -0.05) is 30.3 Å². The van der Waals surface area contributed by atoms with Gasteiger partial charge in [-0.25, -0.2) is 4.98 Å². The molecule has 0 bridgehead atoms. The number of methoxy groups -OCH3 is 1. The number of fused-ring (bicyclic) bond motifs is 1. The van der Waals surface area contributed by atoms with E-state index in [1.54, 1.807) is 7.11 Å². The molecule has 2 aliphatic heterocycles. The third-order valence-electron chi connectivity index (χ3n) is 6.29. The van der Waals surface area contributed by atoms with Gasteiger partial charge in [-0.3, -0.25) is 9.69 Å². The van der Waals surface area contributed by atoms with Crippen LogP contribution in [0.3, 0.4) is 0 Å². The molecule has 5 rings (SSSR count). The average Bonchev–Trinajstić information content (AvgIpc) is 2.88. The summed E-state index contributed by atoms with van der Waals surface area (Å²) in [6, 6.07) is 17.9. The van der Waals surface area contributed by atoms with Crippen molar-refractivity contribution in [3.63, 3.8) is 0 Å². The Bertz CT molecular complexity index is 1130. The van der Waals surface area contributed by atoms with Crippen molar-refractivity contribution in [1.29, 1.82) is 0 Å². The van der Waals surface area contributed by atoms with Gasteiger partial charge in [0.15, 0.2) is 0 Å². The molecule has 3 aromatic rings. The molecule has 7 heteroatoms. The quantitative estimate of drug-likeness (QED) is 0.598. The third-order valence-corrected chi connectivity index (χ3v) is 6.29. The molecule has 1 unspecified atom stereocenters. The Kier molecular flexibility index (Phi) is 6.53. The van der Waals surface area contributed by atoms with E-state index in [4.69, 9.17) is 19.2 Å². The lowest BCUT2D eigenvalue weighted by atomic mass is 10.0. The Labute approximate surface area is 193 Å². The average molecular weight is 448 g/mol. The van der Waals surface area contributed by atoms with Crippen LogP contribution in [0.25, 0.3) is 10.9 Å². The largest absolute Gasteiger partial charge is 0.497 e. The maximum Gasteiger partial charge on any atom is 0.254 e. The van der Waals surface area contributed by atoms with Gasteiger partial charge in [0, 0.05) is 38.1 Å². The Morgan fingerprint density at radius 1 is 1.06 bits per heavy atom. The summed E-state index contributed by atoms with van der Waals surface area (Å²) in [6.45, 7) is 5.37. The summed E-state index contributed by atoms with van der Waals surface area (Å²) in [4.78, 5) is 22.5. The highest BCUT2D eigenvalue weighted by Crippen LogP contribution is 2.28. The minimum atomic E-state index is -0.190. The van der Waals surface area contributed by atoms with Crippen molar-refractivity contribution >= 4 is 16.8 Å². The van der Waals surface area contributed by atoms with Gasteiger partial charge in [-0.05, 0) is 29.8 Å². The van der Waals surface area contributed by atoms with Crippen LogP contribution in [0.4, 0.5) is 0 Å². The van der Waals surface area contributed by atoms with Gasteiger partial charge >= 0.3 is 0 Å². The monoisotopic (exact) mass is 447 g/mol. The van der Waals surface area contributed by atoms with E-state index in [-0.39, 0.29) is 12.0 Å². The number of amides is 1. The Hall–Kier alpha value is -3.00. The second kappa shape index (κ2) is 9.87. The number of aromatic nitrogens is 1. The van der Waals surface area contributed by atoms with Crippen LogP contribution in [-0.4, -0.2) is 73.8 Å². The number of ether oxygens (including phenoxy) is 3. The molecule has 2 fully saturated rings. The molecule has 0 N–H and O–H groups in total. The van der Waals surface area contributed by atoms with Crippen LogP contribution < -0.4 is 4.74 Å². The van der Waals surface area contributed by atoms with Crippen molar-refractivity contribution in [2.24, 2.45) is 0 Å². The maximum atomic E-state index is 13.4. The van der Waals surface area contributed by atoms with E-state index in [1.165, 1.54) is 5.56 Å². The van der Waals surface area contributed by atoms with E-state index in [0.29, 0.717) is 45.0 Å². The fraction of sp³-hybridized carbons (Fsp3) is 0.385. The van der Waals surface area contributed by atoms with Crippen molar-refractivity contribution in [3.05, 3.63) is 71.4 Å². The Morgan fingerprint density at radius 2 is 1.91 bits per heavy atom. The lowest BCUT2D eigenvalue weighted by Crippen LogP contribution is -2.41. The summed E-state index contributed by atoms with van der Waals surface area (Å²) in [5.41, 5.74) is 3.51. The first-order valence-corrected chi connectivity index (χ1v) is 11.4. The zero-order valence-electron chi connectivity index (χ0n) is 18.9. The molecule has 1 aromatic heterocycles. The van der Waals surface area contributed by atoms with E-state index < -0.39 is 0 Å². The second-order valence-electron chi connectivity index (χ2n) is 8.46. The summed E-state index contributed by atoms with van der Waals surface area (Å²) in [5.74, 6) is 0.891. The number of carbonyl (C=O) groups excluding carboxylic acids is 1. The third kappa shape index (κ3) is 4.85. The first-order chi connectivity index (χ1) is 16.2. The van der Waals surface area contributed by atoms with Gasteiger partial charge in [0.2, 0.25) is 0 Å². The number of nitrogens with zero attached hydrogens (tertiary/aromatic N) is 3. The topological polar surface area (TPSA) is 64.1 Å². The lowest BCUT2D eigenvalue weighted by molar-refractivity contribution is -0.0348. The van der Waals surface area contributed by atoms with Crippen molar-refractivity contribution < 1.29 is 19.0 Å². The molecule has 172 valence electrons. The Morgan fingerprint density at radius 3 is 2.76 bits per heavy atom. The number of morpholine rings is 2. The van der Waals surface area contributed by atoms with Gasteiger partial charge in [-0.2, -0.15) is 0 Å². The molecule has 0 spiro atoms. The number of para-hydroxylation sites is 1. The molecule has 0 radical (unpaired) electrons. The van der Waals surface area contributed by atoms with E-state index in [1.807, 2.05) is 47.4 Å². The fourth-order valence-corrected chi connectivity index (χ4v) is 4.53. The van der Waals surface area contributed by atoms with Crippen LogP contribution in [0, 0.1) is 0 Å². The standard InChI is InChI=1S/C26H29N3O4/c1-31-20-6-4-5-19(15-20)17-28-9-14-33-25(18-28)24-16-22(21-7-2-3-8-23(21)27-24)26(30)29-10-12-32-13-11-29/h2-8,15-16,25H,9-14,17-18H2,1H3. The van der Waals surface area contributed by atoms with Crippen molar-refractivity contribution in [3.8, 4) is 5.75 Å². The van der Waals surface area contributed by atoms with Gasteiger partial charge < -0.3 is 19.1 Å². The molecular weight excluding hydrogens is 418 g/mol. The van der Waals surface area contributed by atoms with Crippen LogP contribution in [0.1, 0.15) is 27.7 Å². The van der Waals surface area contributed by atoms with Crippen LogP contribution in [-0.2, 0) is 16.0 Å². The lowest BCUT2D eigenvalue weighted by Gasteiger charge is -2.33. The molecule has 0 aliphatic carbocycles. The van der Waals surface area contributed by atoms with E-state index in [9.17, 15) is 4.79 Å². The highest BCUT2D eigenvalue weighted by Gasteiger charge is 2.27. The van der Waals surface area contributed by atoms with Crippen LogP contribution >= 0.6 is 0 Å². The van der Waals surface area contributed by atoms with Crippen LogP contribution in [0.2, 0.25) is 0 Å². The minimum Gasteiger partial charge on any atom is -0.497 e. The molecule has 2 saturated heterocycles. The Balaban J connectivity index is 1.41. The number of carbonyl (C=O) groups is 1. The molecule has 2 aromatic carbocycles. The molecule has 7 nitrogen and oxygen atoms in total. The minimum absolute atomic E-state index is 0.0298. The molecule has 1 amide bonds. The molecule has 3 heterocycles. The van der Waals surface area contributed by atoms with Gasteiger partial charge in [0.25, 0.3) is 5.91 Å². The zero-order valence-corrected chi connectivity index (χ0v) is 18.9. The summed E-state index contributed by atoms with van der Waals surface area (Å²) < 4.78 is 16.9. The normalized spacial score (nSPS) is 19.5. The molecule has 33 heavy (non-hydrogen) atoms. The van der Waals surface area contributed by atoms with Crippen LogP contribution in [0.15, 0.2) is 54.6 Å². The smallest absolute Gasteiger partial charge is 0.254 e. The van der Waals surface area contributed by atoms with Crippen molar-refractivity contribution in [2.45, 2.75) is 12.6 Å². The highest BCUT2D eigenvalue weighted by atomic mass is 16.5. The fourth-order valence-electron chi connectivity index (χ4n) is 4.53. The summed E-state index contributed by atoms with van der Waals surface area (Å²) in [6.07, 6.45) is -0.190. The molecule has 1 atom stereocenters. The molecule has 2 aliphatic rings. The van der Waals surface area contributed by atoms with Gasteiger partial charge in [0.1, 0.15) is 11.9 Å². The molecular formula is C26H29N3O4. The highest BCUT2D eigenvalue weighted by molar-refractivity contribution is 6.06. The predicted molar refractivity (Wildman–Crippen MR) is 125 cm³/mol. The van der Waals surface area contributed by atoms with Crippen molar-refractivity contribution in [2.75, 3.05) is 53.1 Å². The molecule has 0 saturated carbocycles. The van der Waals surface area contributed by atoms with E-state index in [2.05, 4.69) is 17.0 Å². The van der Waals surface area contributed by atoms with E-state index >= 15 is 0 Å². The maximum absolute atomic E-state index is 13.4. The van der Waals surface area contributed by atoms with Crippen LogP contribution in [0.5, 0.6) is 5.75 Å². The number of rotatable bonds is 5. The predicted octanol–water partition coefficient (Wildman–Crippen LogP) is 3.29. The first kappa shape index (κ1) is 21.8. The van der Waals surface area contributed by atoms with Gasteiger partial charge in [-0.15, -0.1) is 0 Å². The number of hydrogen-bond donors (Lipinski definition) is 0. The summed E-state index contributed by atoms with van der Waals surface area (Å²) >= 11 is 0. The van der Waals surface area contributed by atoms with Gasteiger partial charge in [0.05, 0.1) is 43.7 Å². The number of benzene rings is 2. The van der Waals surface area contributed by atoms with Crippen molar-refractivity contribution in [1.82, 2.24) is 14.8 Å². The number of pyridine rings is 1. The zero-order chi connectivity index (χ0) is 22.6. The summed E-state index contributed by atoms with van der Waals surface area (Å²) in [7, 11) is 1.69.